The van der Waals surface area contributed by atoms with E-state index in [0.29, 0.717) is 11.8 Å². The molecule has 2 rings (SSSR count). The van der Waals surface area contributed by atoms with Gasteiger partial charge in [0, 0.05) is 5.92 Å². The lowest BCUT2D eigenvalue weighted by molar-refractivity contribution is 0.414. The second-order valence-electron chi connectivity index (χ2n) is 3.97. The van der Waals surface area contributed by atoms with Crippen LogP contribution in [0, 0.1) is 0 Å². The second kappa shape index (κ2) is 3.49. The van der Waals surface area contributed by atoms with Crippen LogP contribution in [-0.4, -0.2) is 7.11 Å². The van der Waals surface area contributed by atoms with Gasteiger partial charge in [-0.15, -0.1) is 6.58 Å². The third-order valence-corrected chi connectivity index (χ3v) is 3.12. The van der Waals surface area contributed by atoms with Crippen molar-refractivity contribution in [2.45, 2.75) is 25.2 Å². The molecule has 0 spiro atoms. The maximum absolute atomic E-state index is 5.23. The van der Waals surface area contributed by atoms with E-state index >= 15 is 0 Å². The summed E-state index contributed by atoms with van der Waals surface area (Å²) in [6, 6.07) is 6.37. The van der Waals surface area contributed by atoms with Crippen LogP contribution in [0.25, 0.3) is 0 Å². The van der Waals surface area contributed by atoms with Crippen molar-refractivity contribution in [1.29, 1.82) is 0 Å². The molecule has 1 nitrogen and oxygen atoms in total. The molecular formula is C13H16O. The highest BCUT2D eigenvalue weighted by Gasteiger charge is 2.26. The summed E-state index contributed by atoms with van der Waals surface area (Å²) in [4.78, 5) is 0. The molecule has 0 unspecified atom stereocenters. The van der Waals surface area contributed by atoms with Gasteiger partial charge < -0.3 is 4.74 Å². The molecular weight excluding hydrogens is 172 g/mol. The SMILES string of the molecule is C=C[C@H]1C[C@@H](C)c2ccc(OC)cc21. The number of rotatable bonds is 2. The lowest BCUT2D eigenvalue weighted by Gasteiger charge is -2.07. The first-order valence-corrected chi connectivity index (χ1v) is 5.06. The quantitative estimate of drug-likeness (QED) is 0.646. The molecule has 0 heterocycles. The second-order valence-corrected chi connectivity index (χ2v) is 3.97. The Labute approximate surface area is 85.4 Å². The Hall–Kier alpha value is -1.24. The fourth-order valence-corrected chi connectivity index (χ4v) is 2.31. The van der Waals surface area contributed by atoms with Crippen molar-refractivity contribution >= 4 is 0 Å². The molecule has 0 saturated carbocycles. The fourth-order valence-electron chi connectivity index (χ4n) is 2.31. The summed E-state index contributed by atoms with van der Waals surface area (Å²) < 4.78 is 5.23. The lowest BCUT2D eigenvalue weighted by Crippen LogP contribution is -1.90. The van der Waals surface area contributed by atoms with Crippen LogP contribution < -0.4 is 4.74 Å². The molecule has 74 valence electrons. The van der Waals surface area contributed by atoms with Crippen molar-refractivity contribution in [3.63, 3.8) is 0 Å². The zero-order valence-electron chi connectivity index (χ0n) is 8.79. The van der Waals surface area contributed by atoms with Crippen molar-refractivity contribution in [2.75, 3.05) is 7.11 Å². The predicted molar refractivity (Wildman–Crippen MR) is 59.0 cm³/mol. The first kappa shape index (κ1) is 9.32. The number of methoxy groups -OCH3 is 1. The summed E-state index contributed by atoms with van der Waals surface area (Å²) in [6.45, 7) is 6.16. The van der Waals surface area contributed by atoms with E-state index in [0.717, 1.165) is 5.75 Å². The monoisotopic (exact) mass is 188 g/mol. The number of fused-ring (bicyclic) bond motifs is 1. The molecule has 1 aliphatic carbocycles. The van der Waals surface area contributed by atoms with E-state index in [1.807, 2.05) is 12.1 Å². The highest BCUT2D eigenvalue weighted by molar-refractivity contribution is 5.45. The molecule has 1 heteroatoms. The normalized spacial score (nSPS) is 24.4. The number of ether oxygens (including phenoxy) is 1. The van der Waals surface area contributed by atoms with Crippen molar-refractivity contribution in [3.8, 4) is 5.75 Å². The lowest BCUT2D eigenvalue weighted by atomic mass is 10.0. The van der Waals surface area contributed by atoms with Gasteiger partial charge in [-0.3, -0.25) is 0 Å². The van der Waals surface area contributed by atoms with Gasteiger partial charge in [0.1, 0.15) is 5.75 Å². The van der Waals surface area contributed by atoms with Crippen LogP contribution in [0.4, 0.5) is 0 Å². The van der Waals surface area contributed by atoms with Crippen LogP contribution in [0.1, 0.15) is 36.3 Å². The van der Waals surface area contributed by atoms with E-state index < -0.39 is 0 Å². The standard InChI is InChI=1S/C13H16O/c1-4-10-7-9(2)12-6-5-11(14-3)8-13(10)12/h4-6,8-10H,1,7H2,2-3H3/t9-,10+/m1/s1. The summed E-state index contributed by atoms with van der Waals surface area (Å²) in [5.41, 5.74) is 2.85. The average molecular weight is 188 g/mol. The van der Waals surface area contributed by atoms with Gasteiger partial charge in [-0.1, -0.05) is 19.1 Å². The van der Waals surface area contributed by atoms with Gasteiger partial charge in [-0.05, 0) is 35.6 Å². The summed E-state index contributed by atoms with van der Waals surface area (Å²) in [7, 11) is 1.71. The molecule has 0 radical (unpaired) electrons. The Morgan fingerprint density at radius 2 is 2.21 bits per heavy atom. The first-order chi connectivity index (χ1) is 6.76. The number of allylic oxidation sites excluding steroid dienone is 1. The smallest absolute Gasteiger partial charge is 0.119 e. The van der Waals surface area contributed by atoms with Gasteiger partial charge in [0.25, 0.3) is 0 Å². The van der Waals surface area contributed by atoms with Crippen molar-refractivity contribution in [2.24, 2.45) is 0 Å². The Morgan fingerprint density at radius 1 is 1.43 bits per heavy atom. The van der Waals surface area contributed by atoms with Gasteiger partial charge >= 0.3 is 0 Å². The molecule has 2 atom stereocenters. The summed E-state index contributed by atoms with van der Waals surface area (Å²) in [5, 5.41) is 0. The Kier molecular flexibility index (Phi) is 2.32. The predicted octanol–water partition coefficient (Wildman–Crippen LogP) is 3.47. The summed E-state index contributed by atoms with van der Waals surface area (Å²) >= 11 is 0. The van der Waals surface area contributed by atoms with Crippen LogP contribution >= 0.6 is 0 Å². The number of hydrogen-bond donors (Lipinski definition) is 0. The zero-order valence-corrected chi connectivity index (χ0v) is 8.79. The molecule has 1 aliphatic rings. The van der Waals surface area contributed by atoms with Gasteiger partial charge in [0.05, 0.1) is 7.11 Å². The third-order valence-electron chi connectivity index (χ3n) is 3.12. The fraction of sp³-hybridized carbons (Fsp3) is 0.385. The largest absolute Gasteiger partial charge is 0.497 e. The van der Waals surface area contributed by atoms with Crippen LogP contribution in [0.5, 0.6) is 5.75 Å². The average Bonchev–Trinajstić information content (AvgIpc) is 2.55. The molecule has 0 amide bonds. The molecule has 0 aliphatic heterocycles. The van der Waals surface area contributed by atoms with Crippen LogP contribution in [0.2, 0.25) is 0 Å². The zero-order chi connectivity index (χ0) is 10.1. The van der Waals surface area contributed by atoms with E-state index in [-0.39, 0.29) is 0 Å². The minimum Gasteiger partial charge on any atom is -0.497 e. The maximum Gasteiger partial charge on any atom is 0.119 e. The van der Waals surface area contributed by atoms with Crippen LogP contribution in [-0.2, 0) is 0 Å². The molecule has 0 aromatic heterocycles. The van der Waals surface area contributed by atoms with Gasteiger partial charge in [0.15, 0.2) is 0 Å². The van der Waals surface area contributed by atoms with Gasteiger partial charge in [-0.2, -0.15) is 0 Å². The van der Waals surface area contributed by atoms with E-state index in [2.05, 4.69) is 25.6 Å². The van der Waals surface area contributed by atoms with Crippen molar-refractivity contribution in [1.82, 2.24) is 0 Å². The van der Waals surface area contributed by atoms with E-state index in [4.69, 9.17) is 4.74 Å². The molecule has 1 aromatic rings. The van der Waals surface area contributed by atoms with E-state index in [1.54, 1.807) is 7.11 Å². The van der Waals surface area contributed by atoms with E-state index in [9.17, 15) is 0 Å². The highest BCUT2D eigenvalue weighted by Crippen LogP contribution is 2.43. The van der Waals surface area contributed by atoms with E-state index in [1.165, 1.54) is 17.5 Å². The molecule has 0 saturated heterocycles. The van der Waals surface area contributed by atoms with Crippen molar-refractivity contribution < 1.29 is 4.74 Å². The summed E-state index contributed by atoms with van der Waals surface area (Å²) in [6.07, 6.45) is 3.23. The molecule has 0 N–H and O–H groups in total. The number of benzene rings is 1. The topological polar surface area (TPSA) is 9.23 Å². The Bertz CT molecular complexity index is 354. The molecule has 0 fully saturated rings. The molecule has 0 bridgehead atoms. The Morgan fingerprint density at radius 3 is 2.86 bits per heavy atom. The molecule has 1 aromatic carbocycles. The number of hydrogen-bond acceptors (Lipinski definition) is 1. The minimum absolute atomic E-state index is 0.509. The van der Waals surface area contributed by atoms with Crippen molar-refractivity contribution in [3.05, 3.63) is 42.0 Å². The van der Waals surface area contributed by atoms with Crippen LogP contribution in [0.3, 0.4) is 0 Å². The van der Waals surface area contributed by atoms with Crippen LogP contribution in [0.15, 0.2) is 30.9 Å². The minimum atomic E-state index is 0.509. The van der Waals surface area contributed by atoms with Gasteiger partial charge in [-0.25, -0.2) is 0 Å². The molecule has 14 heavy (non-hydrogen) atoms. The third kappa shape index (κ3) is 1.33. The highest BCUT2D eigenvalue weighted by atomic mass is 16.5. The summed E-state index contributed by atoms with van der Waals surface area (Å²) in [5.74, 6) is 2.11. The Balaban J connectivity index is 2.47. The van der Waals surface area contributed by atoms with Gasteiger partial charge in [0.2, 0.25) is 0 Å². The first-order valence-electron chi connectivity index (χ1n) is 5.06. The maximum atomic E-state index is 5.23.